The third-order valence-corrected chi connectivity index (χ3v) is 2.77. The van der Waals surface area contributed by atoms with Crippen LogP contribution in [0, 0.1) is 0 Å². The van der Waals surface area contributed by atoms with Crippen LogP contribution in [-0.2, 0) is 12.8 Å². The monoisotopic (exact) mass is 246 g/mol. The molecule has 0 radical (unpaired) electrons. The van der Waals surface area contributed by atoms with Gasteiger partial charge in [-0.3, -0.25) is 0 Å². The summed E-state index contributed by atoms with van der Waals surface area (Å²) in [7, 11) is 0. The van der Waals surface area contributed by atoms with Crippen molar-refractivity contribution in [3.8, 4) is 5.75 Å². The van der Waals surface area contributed by atoms with Crippen LogP contribution in [0.25, 0.3) is 0 Å². The Kier molecular flexibility index (Phi) is 3.03. The van der Waals surface area contributed by atoms with Crippen molar-refractivity contribution in [2.75, 3.05) is 0 Å². The Bertz CT molecular complexity index is 415. The quantitative estimate of drug-likeness (QED) is 0.868. The van der Waals surface area contributed by atoms with E-state index in [2.05, 4.69) is 0 Å². The molecule has 0 amide bonds. The van der Waals surface area contributed by atoms with Gasteiger partial charge in [-0.1, -0.05) is 12.1 Å². The second-order valence-electron chi connectivity index (χ2n) is 4.34. The third-order valence-electron chi connectivity index (χ3n) is 2.77. The average Bonchev–Trinajstić information content (AvgIpc) is 2.55. The zero-order valence-electron chi connectivity index (χ0n) is 9.29. The Morgan fingerprint density at radius 3 is 2.82 bits per heavy atom. The second-order valence-corrected chi connectivity index (χ2v) is 4.34. The van der Waals surface area contributed by atoms with E-state index in [1.54, 1.807) is 18.2 Å². The molecule has 2 nitrogen and oxygen atoms in total. The number of hydrogen-bond acceptors (Lipinski definition) is 2. The zero-order valence-corrected chi connectivity index (χ0v) is 9.29. The summed E-state index contributed by atoms with van der Waals surface area (Å²) in [4.78, 5) is 0. The molecular formula is C12H13F3O2. The van der Waals surface area contributed by atoms with Crippen molar-refractivity contribution in [2.24, 2.45) is 0 Å². The fraction of sp³-hybridized carbons (Fsp3) is 0.500. The minimum absolute atomic E-state index is 0.0628. The van der Waals surface area contributed by atoms with Gasteiger partial charge in [-0.05, 0) is 24.1 Å². The molecule has 94 valence electrons. The van der Waals surface area contributed by atoms with Crippen molar-refractivity contribution in [3.63, 3.8) is 0 Å². The first-order valence-corrected chi connectivity index (χ1v) is 5.39. The molecule has 0 saturated carbocycles. The van der Waals surface area contributed by atoms with Crippen LogP contribution in [-0.4, -0.2) is 23.5 Å². The highest BCUT2D eigenvalue weighted by Gasteiger charge is 2.38. The highest BCUT2D eigenvalue weighted by molar-refractivity contribution is 5.40. The summed E-state index contributed by atoms with van der Waals surface area (Å²) in [5, 5.41) is 8.98. The average molecular weight is 246 g/mol. The van der Waals surface area contributed by atoms with Gasteiger partial charge in [0.05, 0.1) is 0 Å². The molecule has 2 atom stereocenters. The van der Waals surface area contributed by atoms with Crippen LogP contribution in [0.5, 0.6) is 5.75 Å². The smallest absolute Gasteiger partial charge is 0.414 e. The summed E-state index contributed by atoms with van der Waals surface area (Å²) < 4.78 is 42.0. The number of hydrogen-bond donors (Lipinski definition) is 1. The van der Waals surface area contributed by atoms with Gasteiger partial charge in [0.25, 0.3) is 0 Å². The van der Waals surface area contributed by atoms with Crippen LogP contribution in [0.2, 0.25) is 0 Å². The van der Waals surface area contributed by atoms with E-state index in [1.165, 1.54) is 0 Å². The molecule has 1 aromatic carbocycles. The Labute approximate surface area is 97.0 Å². The van der Waals surface area contributed by atoms with Gasteiger partial charge in [-0.25, -0.2) is 0 Å². The van der Waals surface area contributed by atoms with Gasteiger partial charge in [0.1, 0.15) is 11.9 Å². The molecule has 17 heavy (non-hydrogen) atoms. The first-order valence-electron chi connectivity index (χ1n) is 5.39. The number of aliphatic hydroxyl groups is 1. The summed E-state index contributed by atoms with van der Waals surface area (Å²) in [6.45, 7) is 1.91. The third kappa shape index (κ3) is 2.72. The van der Waals surface area contributed by atoms with Crippen molar-refractivity contribution in [3.05, 3.63) is 29.3 Å². The van der Waals surface area contributed by atoms with Crippen molar-refractivity contribution in [1.82, 2.24) is 0 Å². The molecular weight excluding hydrogens is 233 g/mol. The van der Waals surface area contributed by atoms with Gasteiger partial charge in [0.2, 0.25) is 0 Å². The first kappa shape index (κ1) is 12.2. The van der Waals surface area contributed by atoms with E-state index in [-0.39, 0.29) is 6.10 Å². The van der Waals surface area contributed by atoms with Gasteiger partial charge in [0.15, 0.2) is 6.10 Å². The molecule has 0 saturated heterocycles. The molecule has 1 aromatic rings. The molecule has 2 rings (SSSR count). The summed E-state index contributed by atoms with van der Waals surface area (Å²) >= 11 is 0. The molecule has 0 bridgehead atoms. The maximum absolute atomic E-state index is 12.2. The summed E-state index contributed by atoms with van der Waals surface area (Å²) in [5.41, 5.74) is 1.38. The van der Waals surface area contributed by atoms with Crippen molar-refractivity contribution in [2.45, 2.75) is 38.1 Å². The lowest BCUT2D eigenvalue weighted by atomic mass is 10.0. The molecule has 0 aliphatic carbocycles. The number of aliphatic hydroxyl groups excluding tert-OH is 1. The van der Waals surface area contributed by atoms with Crippen LogP contribution < -0.4 is 4.74 Å². The Balaban J connectivity index is 2.12. The van der Waals surface area contributed by atoms with Gasteiger partial charge in [0, 0.05) is 12.8 Å². The largest absolute Gasteiger partial charge is 0.490 e. The molecule has 5 heteroatoms. The topological polar surface area (TPSA) is 29.5 Å². The molecule has 0 aromatic heterocycles. The molecule has 0 spiro atoms. The maximum atomic E-state index is 12.2. The number of fused-ring (bicyclic) bond motifs is 1. The Hall–Kier alpha value is -1.23. The lowest BCUT2D eigenvalue weighted by Gasteiger charge is -2.14. The summed E-state index contributed by atoms with van der Waals surface area (Å²) in [6.07, 6.45) is -6.52. The number of alkyl halides is 3. The normalized spacial score (nSPS) is 20.9. The Morgan fingerprint density at radius 2 is 2.18 bits per heavy atom. The maximum Gasteiger partial charge on any atom is 0.414 e. The highest BCUT2D eigenvalue weighted by atomic mass is 19.4. The lowest BCUT2D eigenvalue weighted by molar-refractivity contribution is -0.203. The lowest BCUT2D eigenvalue weighted by Crippen LogP contribution is -2.30. The minimum atomic E-state index is -4.57. The van der Waals surface area contributed by atoms with Crippen molar-refractivity contribution in [1.29, 1.82) is 0 Å². The van der Waals surface area contributed by atoms with Crippen LogP contribution >= 0.6 is 0 Å². The minimum Gasteiger partial charge on any atom is -0.490 e. The zero-order chi connectivity index (χ0) is 12.6. The second kappa shape index (κ2) is 4.22. The Morgan fingerprint density at radius 1 is 1.47 bits per heavy atom. The van der Waals surface area contributed by atoms with Gasteiger partial charge in [-0.2, -0.15) is 13.2 Å². The van der Waals surface area contributed by atoms with Crippen molar-refractivity contribution < 1.29 is 23.0 Å². The van der Waals surface area contributed by atoms with E-state index in [0.29, 0.717) is 12.0 Å². The predicted molar refractivity (Wildman–Crippen MR) is 56.0 cm³/mol. The molecule has 1 aliphatic heterocycles. The summed E-state index contributed by atoms with van der Waals surface area (Å²) in [5.74, 6) is 0.725. The van der Waals surface area contributed by atoms with E-state index < -0.39 is 18.7 Å². The molecule has 1 heterocycles. The summed E-state index contributed by atoms with van der Waals surface area (Å²) in [6, 6.07) is 4.90. The van der Waals surface area contributed by atoms with E-state index >= 15 is 0 Å². The standard InChI is InChI=1S/C12H13F3O2/c1-7-4-9-5-8(2-3-10(9)17-7)6-11(16)12(13,14)15/h2-3,5,7,11,16H,4,6H2,1H3. The molecule has 1 aliphatic rings. The number of ether oxygens (including phenoxy) is 1. The van der Waals surface area contributed by atoms with Crippen LogP contribution in [0.1, 0.15) is 18.1 Å². The SMILES string of the molecule is CC1Cc2cc(CC(O)C(F)(F)F)ccc2O1. The van der Waals surface area contributed by atoms with Crippen LogP contribution in [0.15, 0.2) is 18.2 Å². The van der Waals surface area contributed by atoms with Crippen LogP contribution in [0.3, 0.4) is 0 Å². The number of halogens is 3. The van der Waals surface area contributed by atoms with E-state index in [1.807, 2.05) is 6.92 Å². The van der Waals surface area contributed by atoms with E-state index in [9.17, 15) is 13.2 Å². The van der Waals surface area contributed by atoms with Crippen LogP contribution in [0.4, 0.5) is 13.2 Å². The van der Waals surface area contributed by atoms with E-state index in [0.717, 1.165) is 11.3 Å². The highest BCUT2D eigenvalue weighted by Crippen LogP contribution is 2.31. The first-order chi connectivity index (χ1) is 7.86. The fourth-order valence-electron chi connectivity index (χ4n) is 1.94. The fourth-order valence-corrected chi connectivity index (χ4v) is 1.94. The van der Waals surface area contributed by atoms with Gasteiger partial charge < -0.3 is 9.84 Å². The number of rotatable bonds is 2. The number of benzene rings is 1. The molecule has 2 unspecified atom stereocenters. The van der Waals surface area contributed by atoms with E-state index in [4.69, 9.17) is 9.84 Å². The van der Waals surface area contributed by atoms with Crippen molar-refractivity contribution >= 4 is 0 Å². The molecule has 1 N–H and O–H groups in total. The predicted octanol–water partition coefficient (Wildman–Crippen LogP) is 2.48. The van der Waals surface area contributed by atoms with Gasteiger partial charge in [-0.15, -0.1) is 0 Å². The van der Waals surface area contributed by atoms with Gasteiger partial charge >= 0.3 is 6.18 Å². The molecule has 0 fully saturated rings.